The van der Waals surface area contributed by atoms with Crippen LogP contribution in [0.1, 0.15) is 53.0 Å². The monoisotopic (exact) mass is 416 g/mol. The third-order valence-corrected chi connectivity index (χ3v) is 7.04. The minimum atomic E-state index is -3.69. The Balaban J connectivity index is 1.77. The van der Waals surface area contributed by atoms with Gasteiger partial charge in [-0.05, 0) is 43.2 Å². The van der Waals surface area contributed by atoms with Crippen LogP contribution in [-0.2, 0) is 10.0 Å². The number of pyridine rings is 1. The van der Waals surface area contributed by atoms with Crippen LogP contribution in [0, 0.1) is 0 Å². The largest absolute Gasteiger partial charge is 0.364 e. The molecule has 0 aliphatic heterocycles. The first-order chi connectivity index (χ1) is 13.8. The van der Waals surface area contributed by atoms with Crippen LogP contribution >= 0.6 is 0 Å². The number of hydrogen-bond acceptors (Lipinski definition) is 5. The number of carbonyl (C=O) groups is 2. The zero-order valence-corrected chi connectivity index (χ0v) is 17.0. The number of nitrogens with two attached hydrogens (primary N) is 1. The maximum absolute atomic E-state index is 13.0. The van der Waals surface area contributed by atoms with Gasteiger partial charge >= 0.3 is 0 Å². The first-order valence-corrected chi connectivity index (χ1v) is 10.9. The summed E-state index contributed by atoms with van der Waals surface area (Å²) >= 11 is 0. The molecule has 0 bridgehead atoms. The lowest BCUT2D eigenvalue weighted by atomic mass is 9.96. The van der Waals surface area contributed by atoms with E-state index in [2.05, 4.69) is 10.3 Å². The number of aromatic nitrogens is 1. The summed E-state index contributed by atoms with van der Waals surface area (Å²) in [5.41, 5.74) is 5.81. The Labute approximate surface area is 170 Å². The fraction of sp³-hybridized carbons (Fsp3) is 0.350. The third kappa shape index (κ3) is 4.80. The van der Waals surface area contributed by atoms with Crippen LogP contribution < -0.4 is 11.1 Å². The average molecular weight is 417 g/mol. The molecule has 1 aliphatic rings. The number of primary amides is 1. The highest BCUT2D eigenvalue weighted by molar-refractivity contribution is 7.89. The lowest BCUT2D eigenvalue weighted by molar-refractivity contribution is 0.0994. The van der Waals surface area contributed by atoms with Crippen LogP contribution in [0.2, 0.25) is 0 Å². The molecule has 2 aromatic rings. The number of amides is 2. The quantitative estimate of drug-likeness (QED) is 0.748. The van der Waals surface area contributed by atoms with Gasteiger partial charge in [0.25, 0.3) is 11.8 Å². The number of anilines is 1. The second-order valence-electron chi connectivity index (χ2n) is 7.09. The molecule has 0 saturated heterocycles. The lowest BCUT2D eigenvalue weighted by Crippen LogP contribution is -2.38. The predicted molar refractivity (Wildman–Crippen MR) is 109 cm³/mol. The topological polar surface area (TPSA) is 122 Å². The smallest absolute Gasteiger partial charge is 0.267 e. The third-order valence-electron chi connectivity index (χ3n) is 5.14. The van der Waals surface area contributed by atoms with Crippen LogP contribution in [-0.4, -0.2) is 42.6 Å². The van der Waals surface area contributed by atoms with E-state index >= 15 is 0 Å². The Kier molecular flexibility index (Phi) is 6.29. The summed E-state index contributed by atoms with van der Waals surface area (Å²) in [6.45, 7) is 0. The van der Waals surface area contributed by atoms with E-state index in [4.69, 9.17) is 5.73 Å². The zero-order valence-electron chi connectivity index (χ0n) is 16.2. The van der Waals surface area contributed by atoms with Gasteiger partial charge in [0.2, 0.25) is 10.0 Å². The summed E-state index contributed by atoms with van der Waals surface area (Å²) in [5.74, 6) is -1.14. The van der Waals surface area contributed by atoms with Crippen LogP contribution in [0.3, 0.4) is 0 Å². The van der Waals surface area contributed by atoms with Crippen LogP contribution in [0.25, 0.3) is 0 Å². The van der Waals surface area contributed by atoms with Gasteiger partial charge in [-0.15, -0.1) is 0 Å². The van der Waals surface area contributed by atoms with Crippen molar-refractivity contribution >= 4 is 27.5 Å². The predicted octanol–water partition coefficient (Wildman–Crippen LogP) is 2.39. The van der Waals surface area contributed by atoms with Crippen molar-refractivity contribution in [2.24, 2.45) is 5.73 Å². The number of rotatable bonds is 6. The fourth-order valence-corrected chi connectivity index (χ4v) is 4.88. The molecule has 1 aromatic heterocycles. The van der Waals surface area contributed by atoms with E-state index in [0.717, 1.165) is 32.1 Å². The highest BCUT2D eigenvalue weighted by Crippen LogP contribution is 2.26. The van der Waals surface area contributed by atoms with Gasteiger partial charge < -0.3 is 11.1 Å². The Hall–Kier alpha value is -2.78. The summed E-state index contributed by atoms with van der Waals surface area (Å²) in [4.78, 5) is 27.6. The first-order valence-electron chi connectivity index (χ1n) is 9.44. The minimum Gasteiger partial charge on any atom is -0.364 e. The molecule has 3 rings (SSSR count). The molecule has 1 heterocycles. The maximum Gasteiger partial charge on any atom is 0.267 e. The molecule has 1 saturated carbocycles. The van der Waals surface area contributed by atoms with E-state index in [0.29, 0.717) is 5.69 Å². The van der Waals surface area contributed by atoms with Crippen molar-refractivity contribution in [2.75, 3.05) is 12.4 Å². The number of hydrogen-bond donors (Lipinski definition) is 2. The highest BCUT2D eigenvalue weighted by Gasteiger charge is 2.29. The normalized spacial score (nSPS) is 15.2. The highest BCUT2D eigenvalue weighted by atomic mass is 32.2. The number of nitrogens with one attached hydrogen (secondary N) is 1. The van der Waals surface area contributed by atoms with E-state index in [1.54, 1.807) is 19.2 Å². The Morgan fingerprint density at radius 3 is 2.48 bits per heavy atom. The van der Waals surface area contributed by atoms with Crippen molar-refractivity contribution in [2.45, 2.75) is 43.0 Å². The van der Waals surface area contributed by atoms with Crippen LogP contribution in [0.15, 0.2) is 47.5 Å². The van der Waals surface area contributed by atoms with E-state index in [1.165, 1.54) is 34.8 Å². The van der Waals surface area contributed by atoms with Gasteiger partial charge in [0.15, 0.2) is 0 Å². The molecule has 9 heteroatoms. The molecule has 0 spiro atoms. The molecule has 3 N–H and O–H groups in total. The second-order valence-corrected chi connectivity index (χ2v) is 9.09. The molecule has 0 atom stereocenters. The number of benzene rings is 1. The van der Waals surface area contributed by atoms with Crippen LogP contribution in [0.4, 0.5) is 5.69 Å². The molecule has 0 radical (unpaired) electrons. The van der Waals surface area contributed by atoms with Gasteiger partial charge in [-0.1, -0.05) is 25.3 Å². The molecule has 8 nitrogen and oxygen atoms in total. The number of nitrogens with zero attached hydrogens (tertiary/aromatic N) is 2. The van der Waals surface area contributed by atoms with Gasteiger partial charge in [0.05, 0.1) is 16.8 Å². The molecule has 154 valence electrons. The SMILES string of the molecule is CN(C1CCCCC1)S(=O)(=O)c1cccc(C(=O)Nc2ccc(C(N)=O)nc2)c1. The van der Waals surface area contributed by atoms with Gasteiger partial charge in [-0.3, -0.25) is 9.59 Å². The summed E-state index contributed by atoms with van der Waals surface area (Å²) in [5, 5.41) is 2.63. The molecule has 0 unspecified atom stereocenters. The van der Waals surface area contributed by atoms with E-state index in [1.807, 2.05) is 0 Å². The van der Waals surface area contributed by atoms with E-state index < -0.39 is 21.8 Å². The maximum atomic E-state index is 13.0. The number of sulfonamides is 1. The molecular formula is C20H24N4O4S. The molecular weight excluding hydrogens is 392 g/mol. The van der Waals surface area contributed by atoms with Crippen molar-refractivity contribution < 1.29 is 18.0 Å². The second kappa shape index (κ2) is 8.71. The van der Waals surface area contributed by atoms with Gasteiger partial charge in [0, 0.05) is 18.7 Å². The molecule has 29 heavy (non-hydrogen) atoms. The minimum absolute atomic E-state index is 0.0129. The van der Waals surface area contributed by atoms with Crippen molar-refractivity contribution in [1.82, 2.24) is 9.29 Å². The molecule has 1 aliphatic carbocycles. The first kappa shape index (κ1) is 20.9. The Morgan fingerprint density at radius 2 is 1.86 bits per heavy atom. The molecule has 1 fully saturated rings. The Bertz CT molecular complexity index is 999. The van der Waals surface area contributed by atoms with Crippen molar-refractivity contribution in [3.8, 4) is 0 Å². The molecule has 1 aromatic carbocycles. The van der Waals surface area contributed by atoms with Crippen LogP contribution in [0.5, 0.6) is 0 Å². The van der Waals surface area contributed by atoms with Crippen molar-refractivity contribution in [3.05, 3.63) is 53.9 Å². The number of carbonyl (C=O) groups excluding carboxylic acids is 2. The van der Waals surface area contributed by atoms with E-state index in [9.17, 15) is 18.0 Å². The standard InChI is InChI=1S/C20H24N4O4S/c1-24(16-7-3-2-4-8-16)29(27,28)17-9-5-6-14(12-17)20(26)23-15-10-11-18(19(21)25)22-13-15/h5-6,9-13,16H,2-4,7-8H2,1H3,(H2,21,25)(H,23,26). The van der Waals surface area contributed by atoms with Crippen molar-refractivity contribution in [3.63, 3.8) is 0 Å². The summed E-state index contributed by atoms with van der Waals surface area (Å²) in [6, 6.07) is 8.84. The van der Waals surface area contributed by atoms with Crippen molar-refractivity contribution in [1.29, 1.82) is 0 Å². The average Bonchev–Trinajstić information content (AvgIpc) is 2.74. The van der Waals surface area contributed by atoms with Gasteiger partial charge in [-0.25, -0.2) is 13.4 Å². The fourth-order valence-electron chi connectivity index (χ4n) is 3.42. The zero-order chi connectivity index (χ0) is 21.0. The van der Waals surface area contributed by atoms with Gasteiger partial charge in [-0.2, -0.15) is 4.31 Å². The summed E-state index contributed by atoms with van der Waals surface area (Å²) in [7, 11) is -2.09. The lowest BCUT2D eigenvalue weighted by Gasteiger charge is -2.30. The summed E-state index contributed by atoms with van der Waals surface area (Å²) < 4.78 is 27.4. The van der Waals surface area contributed by atoms with E-state index in [-0.39, 0.29) is 22.2 Å². The van der Waals surface area contributed by atoms with Gasteiger partial charge in [0.1, 0.15) is 5.69 Å². The Morgan fingerprint density at radius 1 is 1.14 bits per heavy atom. The summed E-state index contributed by atoms with van der Waals surface area (Å²) in [6.07, 6.45) is 6.20. The molecule has 2 amide bonds.